The lowest BCUT2D eigenvalue weighted by molar-refractivity contribution is 0.643. The van der Waals surface area contributed by atoms with Gasteiger partial charge >= 0.3 is 0 Å². The molecule has 0 radical (unpaired) electrons. The Morgan fingerprint density at radius 2 is 1.27 bits per heavy atom. The minimum Gasteiger partial charge on any atom is -0.251 e. The molecule has 2 rings (SSSR count). The van der Waals surface area contributed by atoms with Gasteiger partial charge in [-0.15, -0.1) is 0 Å². The monoisotopic (exact) mass is 336 g/mol. The van der Waals surface area contributed by atoms with Crippen molar-refractivity contribution in [1.82, 2.24) is 29.5 Å². The van der Waals surface area contributed by atoms with E-state index in [0.717, 1.165) is 11.6 Å². The molecule has 0 amide bonds. The first-order valence-corrected chi connectivity index (χ1v) is 7.14. The third-order valence-corrected chi connectivity index (χ3v) is 2.94. The van der Waals surface area contributed by atoms with E-state index in [2.05, 4.69) is 64.9 Å². The molecular formula is C12H16N8S2. The Morgan fingerprint density at radius 1 is 0.909 bits per heavy atom. The van der Waals surface area contributed by atoms with Gasteiger partial charge in [-0.2, -0.15) is 10.2 Å². The van der Waals surface area contributed by atoms with Crippen LogP contribution in [0.1, 0.15) is 37.6 Å². The fourth-order valence-electron chi connectivity index (χ4n) is 1.64. The number of aryl methyl sites for hydroxylation is 2. The Kier molecular flexibility index (Phi) is 7.34. The van der Waals surface area contributed by atoms with E-state index in [1.807, 2.05) is 27.9 Å². The van der Waals surface area contributed by atoms with Crippen molar-refractivity contribution >= 4 is 34.8 Å². The molecule has 116 valence electrons. The summed E-state index contributed by atoms with van der Waals surface area (Å²) in [5.74, 6) is 1.59. The first-order chi connectivity index (χ1) is 10.5. The molecule has 0 aliphatic carbocycles. The van der Waals surface area contributed by atoms with Crippen LogP contribution >= 0.6 is 24.4 Å². The van der Waals surface area contributed by atoms with Crippen molar-refractivity contribution in [1.29, 1.82) is 0 Å². The maximum atomic E-state index is 4.47. The highest BCUT2D eigenvalue weighted by molar-refractivity contribution is 7.78. The van der Waals surface area contributed by atoms with Gasteiger partial charge in [0.1, 0.15) is 24.7 Å². The molecule has 22 heavy (non-hydrogen) atoms. The number of aliphatic imine (C=N–C) groups is 2. The van der Waals surface area contributed by atoms with Crippen LogP contribution in [0.25, 0.3) is 0 Å². The second kappa shape index (κ2) is 9.01. The summed E-state index contributed by atoms with van der Waals surface area (Å²) in [4.78, 5) is 15.8. The number of isothiocyanates is 2. The summed E-state index contributed by atoms with van der Waals surface area (Å²) in [7, 11) is 3.63. The summed E-state index contributed by atoms with van der Waals surface area (Å²) >= 11 is 8.94. The Bertz CT molecular complexity index is 633. The van der Waals surface area contributed by atoms with Crippen LogP contribution in [0, 0.1) is 0 Å². The molecule has 0 saturated carbocycles. The van der Waals surface area contributed by atoms with Gasteiger partial charge in [-0.05, 0) is 38.3 Å². The van der Waals surface area contributed by atoms with Gasteiger partial charge in [0.05, 0.1) is 10.3 Å². The van der Waals surface area contributed by atoms with Gasteiger partial charge in [0.15, 0.2) is 11.6 Å². The zero-order valence-corrected chi connectivity index (χ0v) is 14.3. The molecule has 0 aliphatic rings. The molecule has 0 aliphatic heterocycles. The Balaban J connectivity index is 0.000000220. The largest absolute Gasteiger partial charge is 0.251 e. The normalized spacial score (nSPS) is 12.2. The number of aromatic nitrogens is 6. The molecule has 0 N–H and O–H groups in total. The highest BCUT2D eigenvalue weighted by Gasteiger charge is 2.08. The topological polar surface area (TPSA) is 86.1 Å². The van der Waals surface area contributed by atoms with E-state index in [-0.39, 0.29) is 12.1 Å². The van der Waals surface area contributed by atoms with E-state index >= 15 is 0 Å². The van der Waals surface area contributed by atoms with Crippen LogP contribution < -0.4 is 0 Å². The quantitative estimate of drug-likeness (QED) is 0.626. The van der Waals surface area contributed by atoms with E-state index in [9.17, 15) is 0 Å². The average Bonchev–Trinajstić information content (AvgIpc) is 3.08. The van der Waals surface area contributed by atoms with Crippen LogP contribution in [-0.2, 0) is 14.1 Å². The van der Waals surface area contributed by atoms with Gasteiger partial charge in [0, 0.05) is 14.1 Å². The smallest absolute Gasteiger partial charge is 0.151 e. The maximum absolute atomic E-state index is 4.47. The second-order valence-electron chi connectivity index (χ2n) is 4.28. The molecule has 0 saturated heterocycles. The standard InChI is InChI=1S/2C6H8N4S/c2*1-5(8-4-11)6-7-3-9-10(6)2/h2*3,5H,1-2H3/t2*5-/m10/s1. The Morgan fingerprint density at radius 3 is 1.50 bits per heavy atom. The highest BCUT2D eigenvalue weighted by Crippen LogP contribution is 2.11. The van der Waals surface area contributed by atoms with Crippen LogP contribution in [0.5, 0.6) is 0 Å². The summed E-state index contributed by atoms with van der Waals surface area (Å²) in [6, 6.07) is -0.111. The van der Waals surface area contributed by atoms with Crippen molar-refractivity contribution in [3.8, 4) is 0 Å². The summed E-state index contributed by atoms with van der Waals surface area (Å²) in [6.07, 6.45) is 2.98. The first-order valence-electron chi connectivity index (χ1n) is 6.33. The van der Waals surface area contributed by atoms with Crippen molar-refractivity contribution in [2.45, 2.75) is 25.9 Å². The molecule has 2 aromatic rings. The molecule has 2 heterocycles. The first kappa shape index (κ1) is 17.9. The van der Waals surface area contributed by atoms with E-state index in [1.165, 1.54) is 12.7 Å². The van der Waals surface area contributed by atoms with Gasteiger partial charge < -0.3 is 0 Å². The lowest BCUT2D eigenvalue weighted by Gasteiger charge is -2.01. The summed E-state index contributed by atoms with van der Waals surface area (Å²) in [6.45, 7) is 3.78. The number of rotatable bonds is 4. The van der Waals surface area contributed by atoms with E-state index in [4.69, 9.17) is 0 Å². The molecule has 0 spiro atoms. The van der Waals surface area contributed by atoms with Gasteiger partial charge in [-0.25, -0.2) is 20.0 Å². The van der Waals surface area contributed by atoms with E-state index in [1.54, 1.807) is 9.36 Å². The van der Waals surface area contributed by atoms with Crippen molar-refractivity contribution in [2.24, 2.45) is 24.1 Å². The minimum atomic E-state index is -0.0556. The van der Waals surface area contributed by atoms with Crippen LogP contribution in [-0.4, -0.2) is 39.9 Å². The predicted octanol–water partition coefficient (Wildman–Crippen LogP) is 1.96. The van der Waals surface area contributed by atoms with Gasteiger partial charge in [-0.1, -0.05) is 0 Å². The lowest BCUT2D eigenvalue weighted by Crippen LogP contribution is -2.01. The van der Waals surface area contributed by atoms with Gasteiger partial charge in [0.2, 0.25) is 0 Å². The van der Waals surface area contributed by atoms with Gasteiger partial charge in [-0.3, -0.25) is 9.36 Å². The number of thiocarbonyl (C=S) groups is 2. The zero-order chi connectivity index (χ0) is 16.5. The van der Waals surface area contributed by atoms with Crippen LogP contribution in [0.2, 0.25) is 0 Å². The molecule has 0 fully saturated rings. The third kappa shape index (κ3) is 5.01. The van der Waals surface area contributed by atoms with Crippen molar-refractivity contribution in [3.63, 3.8) is 0 Å². The number of hydrogen-bond donors (Lipinski definition) is 0. The molecular weight excluding hydrogens is 320 g/mol. The van der Waals surface area contributed by atoms with Crippen molar-refractivity contribution in [3.05, 3.63) is 24.3 Å². The van der Waals surface area contributed by atoms with Crippen molar-refractivity contribution in [2.75, 3.05) is 0 Å². The Hall–Kier alpha value is -2.12. The molecule has 10 heteroatoms. The minimum absolute atomic E-state index is 0.0556. The predicted molar refractivity (Wildman–Crippen MR) is 88.9 cm³/mol. The summed E-state index contributed by atoms with van der Waals surface area (Å²) in [5, 5.41) is 12.4. The molecule has 2 atom stereocenters. The van der Waals surface area contributed by atoms with Gasteiger partial charge in [0.25, 0.3) is 0 Å². The molecule has 0 unspecified atom stereocenters. The molecule has 0 aromatic carbocycles. The van der Waals surface area contributed by atoms with Crippen molar-refractivity contribution < 1.29 is 0 Å². The fraction of sp³-hybridized carbons (Fsp3) is 0.500. The Labute approximate surface area is 139 Å². The van der Waals surface area contributed by atoms with Crippen LogP contribution in [0.3, 0.4) is 0 Å². The van der Waals surface area contributed by atoms with Crippen LogP contribution in [0.4, 0.5) is 0 Å². The molecule has 0 bridgehead atoms. The highest BCUT2D eigenvalue weighted by atomic mass is 32.1. The summed E-state index contributed by atoms with van der Waals surface area (Å²) in [5.41, 5.74) is 0. The second-order valence-corrected chi connectivity index (χ2v) is 4.64. The maximum Gasteiger partial charge on any atom is 0.151 e. The van der Waals surface area contributed by atoms with Crippen LogP contribution in [0.15, 0.2) is 22.6 Å². The fourth-order valence-corrected chi connectivity index (χ4v) is 1.96. The molecule has 8 nitrogen and oxygen atoms in total. The lowest BCUT2D eigenvalue weighted by atomic mass is 10.3. The zero-order valence-electron chi connectivity index (χ0n) is 12.7. The molecule has 2 aromatic heterocycles. The number of nitrogens with zero attached hydrogens (tertiary/aromatic N) is 8. The van der Waals surface area contributed by atoms with E-state index in [0.29, 0.717) is 0 Å². The SMILES string of the molecule is C[C@@H](N=C=S)c1ncnn1C.C[C@H](N=C=S)c1ncnn1C. The van der Waals surface area contributed by atoms with E-state index < -0.39 is 0 Å². The number of hydrogen-bond acceptors (Lipinski definition) is 8. The third-order valence-electron chi connectivity index (χ3n) is 2.73. The average molecular weight is 336 g/mol. The summed E-state index contributed by atoms with van der Waals surface area (Å²) < 4.78 is 3.34.